The van der Waals surface area contributed by atoms with Crippen LogP contribution in [0.4, 0.5) is 5.69 Å². The minimum Gasteiger partial charge on any atom is -0.497 e. The molecule has 1 aliphatic heterocycles. The van der Waals surface area contributed by atoms with Crippen LogP contribution in [0, 0.1) is 11.5 Å². The Kier molecular flexibility index (Phi) is 5.20. The number of amides is 1. The Hall–Kier alpha value is -2.51. The molecule has 1 amide bonds. The summed E-state index contributed by atoms with van der Waals surface area (Å²) in [5, 5.41) is 0. The summed E-state index contributed by atoms with van der Waals surface area (Å²) in [6, 6.07) is 16.0. The Balaban J connectivity index is 1.84. The molecule has 3 rings (SSSR count). The van der Waals surface area contributed by atoms with Gasteiger partial charge in [0.25, 0.3) is 0 Å². The van der Waals surface area contributed by atoms with Gasteiger partial charge in [-0.25, -0.2) is 0 Å². The van der Waals surface area contributed by atoms with Gasteiger partial charge in [-0.15, -0.1) is 11.5 Å². The third-order valence-electron chi connectivity index (χ3n) is 4.44. The average molecular weight is 364 g/mol. The Morgan fingerprint density at radius 1 is 1.08 bits per heavy atom. The summed E-state index contributed by atoms with van der Waals surface area (Å²) in [7, 11) is 0.226. The number of anilines is 1. The van der Waals surface area contributed by atoms with E-state index in [2.05, 4.69) is 37.2 Å². The largest absolute Gasteiger partial charge is 0.497 e. The van der Waals surface area contributed by atoms with Crippen LogP contribution in [-0.4, -0.2) is 21.1 Å². The molecule has 0 bridgehead atoms. The zero-order valence-corrected chi connectivity index (χ0v) is 16.9. The number of para-hydroxylation sites is 1. The fourth-order valence-corrected chi connectivity index (χ4v) is 3.79. The molecule has 4 heteroatoms. The minimum absolute atomic E-state index is 0.145. The van der Waals surface area contributed by atoms with Crippen LogP contribution >= 0.6 is 0 Å². The average Bonchev–Trinajstić information content (AvgIpc) is 2.87. The van der Waals surface area contributed by atoms with Gasteiger partial charge in [0.15, 0.2) is 0 Å². The van der Waals surface area contributed by atoms with E-state index in [1.165, 1.54) is 0 Å². The molecule has 2 aromatic rings. The van der Waals surface area contributed by atoms with Gasteiger partial charge in [0.1, 0.15) is 13.8 Å². The topological polar surface area (TPSA) is 29.5 Å². The van der Waals surface area contributed by atoms with Crippen LogP contribution < -0.4 is 9.64 Å². The third kappa shape index (κ3) is 4.00. The first-order valence-electron chi connectivity index (χ1n) is 8.92. The van der Waals surface area contributed by atoms with Crippen molar-refractivity contribution in [1.82, 2.24) is 0 Å². The standard InChI is InChI=1S/C22H25NO2Si/c1-25-18-13-11-17(12-14-18)16-23-21-10-6-5-8-19(21)20(22(23)24)9-7-15-26(2,3)4/h5-6,8,10-14,20H,9,16H2,1-4H3. The van der Waals surface area contributed by atoms with Gasteiger partial charge in [0.2, 0.25) is 5.91 Å². The first kappa shape index (κ1) is 18.3. The van der Waals surface area contributed by atoms with Crippen molar-refractivity contribution in [3.63, 3.8) is 0 Å². The molecule has 134 valence electrons. The number of nitrogens with zero attached hydrogens (tertiary/aromatic N) is 1. The fourth-order valence-electron chi connectivity index (χ4n) is 3.16. The van der Waals surface area contributed by atoms with E-state index >= 15 is 0 Å². The molecule has 0 spiro atoms. The highest BCUT2D eigenvalue weighted by molar-refractivity contribution is 6.83. The van der Waals surface area contributed by atoms with E-state index in [1.54, 1.807) is 7.11 Å². The highest BCUT2D eigenvalue weighted by Crippen LogP contribution is 2.39. The molecule has 0 N–H and O–H groups in total. The van der Waals surface area contributed by atoms with Crippen molar-refractivity contribution in [3.8, 4) is 17.2 Å². The van der Waals surface area contributed by atoms with E-state index < -0.39 is 8.07 Å². The van der Waals surface area contributed by atoms with Crippen LogP contribution in [0.5, 0.6) is 5.75 Å². The number of fused-ring (bicyclic) bond motifs is 1. The van der Waals surface area contributed by atoms with E-state index in [-0.39, 0.29) is 11.8 Å². The third-order valence-corrected chi connectivity index (χ3v) is 5.36. The monoisotopic (exact) mass is 363 g/mol. The molecule has 26 heavy (non-hydrogen) atoms. The van der Waals surface area contributed by atoms with Crippen molar-refractivity contribution >= 4 is 19.7 Å². The number of hydrogen-bond donors (Lipinski definition) is 0. The maximum Gasteiger partial charge on any atom is 0.235 e. The van der Waals surface area contributed by atoms with Crippen molar-refractivity contribution in [1.29, 1.82) is 0 Å². The molecule has 0 radical (unpaired) electrons. The normalized spacial score (nSPS) is 16.1. The maximum atomic E-state index is 13.1. The Labute approximate surface area is 157 Å². The molecule has 0 saturated carbocycles. The molecule has 2 aromatic carbocycles. The number of carbonyl (C=O) groups excluding carboxylic acids is 1. The highest BCUT2D eigenvalue weighted by Gasteiger charge is 2.36. The number of methoxy groups -OCH3 is 1. The smallest absolute Gasteiger partial charge is 0.235 e. The first-order chi connectivity index (χ1) is 12.4. The lowest BCUT2D eigenvalue weighted by atomic mass is 9.98. The number of ether oxygens (including phenoxy) is 1. The number of hydrogen-bond acceptors (Lipinski definition) is 2. The molecule has 0 aromatic heterocycles. The molecule has 0 saturated heterocycles. The predicted molar refractivity (Wildman–Crippen MR) is 109 cm³/mol. The molecule has 1 aliphatic rings. The molecule has 1 heterocycles. The van der Waals surface area contributed by atoms with Crippen LogP contribution in [0.15, 0.2) is 48.5 Å². The summed E-state index contributed by atoms with van der Waals surface area (Å²) in [4.78, 5) is 15.0. The van der Waals surface area contributed by atoms with Gasteiger partial charge < -0.3 is 9.64 Å². The predicted octanol–water partition coefficient (Wildman–Crippen LogP) is 4.60. The van der Waals surface area contributed by atoms with E-state index in [1.807, 2.05) is 47.4 Å². The minimum atomic E-state index is -1.43. The maximum absolute atomic E-state index is 13.1. The zero-order valence-electron chi connectivity index (χ0n) is 15.9. The van der Waals surface area contributed by atoms with Crippen molar-refractivity contribution < 1.29 is 9.53 Å². The Morgan fingerprint density at radius 2 is 1.77 bits per heavy atom. The quantitative estimate of drug-likeness (QED) is 0.587. The van der Waals surface area contributed by atoms with Crippen molar-refractivity contribution in [3.05, 3.63) is 59.7 Å². The van der Waals surface area contributed by atoms with Crippen molar-refractivity contribution in [2.24, 2.45) is 0 Å². The highest BCUT2D eigenvalue weighted by atomic mass is 28.3. The van der Waals surface area contributed by atoms with Gasteiger partial charge in [-0.2, -0.15) is 0 Å². The van der Waals surface area contributed by atoms with Crippen LogP contribution in [0.1, 0.15) is 23.5 Å². The van der Waals surface area contributed by atoms with Gasteiger partial charge in [0, 0.05) is 12.1 Å². The Bertz CT molecular complexity index is 856. The number of benzene rings is 2. The Morgan fingerprint density at radius 3 is 2.42 bits per heavy atom. The van der Waals surface area contributed by atoms with E-state index in [0.717, 1.165) is 22.6 Å². The lowest BCUT2D eigenvalue weighted by molar-refractivity contribution is -0.119. The summed E-state index contributed by atoms with van der Waals surface area (Å²) in [6.45, 7) is 7.24. The van der Waals surface area contributed by atoms with Crippen molar-refractivity contribution in [2.75, 3.05) is 12.0 Å². The second-order valence-electron chi connectivity index (χ2n) is 7.64. The summed E-state index contributed by atoms with van der Waals surface area (Å²) < 4.78 is 5.21. The zero-order chi connectivity index (χ0) is 18.7. The van der Waals surface area contributed by atoms with Crippen LogP contribution in [-0.2, 0) is 11.3 Å². The van der Waals surface area contributed by atoms with E-state index in [9.17, 15) is 4.79 Å². The SMILES string of the molecule is COc1ccc(CN2C(=O)C(CC#C[Si](C)(C)C)c3ccccc32)cc1. The molecule has 0 aliphatic carbocycles. The van der Waals surface area contributed by atoms with Gasteiger partial charge in [-0.1, -0.05) is 50.0 Å². The molecule has 3 nitrogen and oxygen atoms in total. The summed E-state index contributed by atoms with van der Waals surface area (Å²) in [5.41, 5.74) is 6.57. The summed E-state index contributed by atoms with van der Waals surface area (Å²) >= 11 is 0. The van der Waals surface area contributed by atoms with Crippen LogP contribution in [0.2, 0.25) is 19.6 Å². The second kappa shape index (κ2) is 7.39. The summed E-state index contributed by atoms with van der Waals surface area (Å²) in [6.07, 6.45) is 0.596. The summed E-state index contributed by atoms with van der Waals surface area (Å²) in [5.74, 6) is 4.09. The fraction of sp³-hybridized carbons (Fsp3) is 0.318. The van der Waals surface area contributed by atoms with Gasteiger partial charge in [0.05, 0.1) is 19.6 Å². The van der Waals surface area contributed by atoms with Gasteiger partial charge in [-0.3, -0.25) is 4.79 Å². The van der Waals surface area contributed by atoms with Gasteiger partial charge in [-0.05, 0) is 29.3 Å². The van der Waals surface area contributed by atoms with Crippen LogP contribution in [0.3, 0.4) is 0 Å². The number of rotatable bonds is 4. The second-order valence-corrected chi connectivity index (χ2v) is 12.4. The molecular weight excluding hydrogens is 338 g/mol. The van der Waals surface area contributed by atoms with Crippen LogP contribution in [0.25, 0.3) is 0 Å². The lowest BCUT2D eigenvalue weighted by Gasteiger charge is -2.18. The van der Waals surface area contributed by atoms with E-state index in [0.29, 0.717) is 13.0 Å². The van der Waals surface area contributed by atoms with E-state index in [4.69, 9.17) is 4.74 Å². The number of carbonyl (C=O) groups is 1. The molecular formula is C22H25NO2Si. The van der Waals surface area contributed by atoms with Crippen molar-refractivity contribution in [2.45, 2.75) is 38.5 Å². The molecule has 1 atom stereocenters. The molecule has 0 fully saturated rings. The molecule has 1 unspecified atom stereocenters. The van der Waals surface area contributed by atoms with Gasteiger partial charge >= 0.3 is 0 Å². The first-order valence-corrected chi connectivity index (χ1v) is 12.4. The lowest BCUT2D eigenvalue weighted by Crippen LogP contribution is -2.28.